The number of esters is 2. The van der Waals surface area contributed by atoms with Gasteiger partial charge in [-0.15, -0.1) is 0 Å². The van der Waals surface area contributed by atoms with Crippen LogP contribution in [0.2, 0.25) is 0 Å². The first-order chi connectivity index (χ1) is 38.0. The monoisotopic (exact) mass is 1100 g/mol. The van der Waals surface area contributed by atoms with Crippen molar-refractivity contribution in [2.24, 2.45) is 0 Å². The molecule has 0 aliphatic carbocycles. The molecule has 436 valence electrons. The van der Waals surface area contributed by atoms with Crippen LogP contribution in [0.25, 0.3) is 0 Å². The zero-order valence-electron chi connectivity index (χ0n) is 49.3. The number of quaternary nitrogens is 1. The molecule has 2 atom stereocenters. The molecule has 78 heavy (non-hydrogen) atoms. The lowest BCUT2D eigenvalue weighted by molar-refractivity contribution is -0.870. The zero-order valence-corrected chi connectivity index (χ0v) is 50.2. The van der Waals surface area contributed by atoms with E-state index in [1.54, 1.807) is 0 Å². The van der Waals surface area contributed by atoms with Crippen LogP contribution in [-0.2, 0) is 32.7 Å². The Morgan fingerprint density at radius 3 is 1.06 bits per heavy atom. The molecular formula is C68H107NO8P+. The number of hydrogen-bond donors (Lipinski definition) is 1. The Bertz CT molecular complexity index is 1970. The molecule has 1 N–H and O–H groups in total. The van der Waals surface area contributed by atoms with Crippen LogP contribution in [0.15, 0.2) is 182 Å². The molecule has 0 aromatic rings. The number of hydrogen-bond acceptors (Lipinski definition) is 7. The Morgan fingerprint density at radius 2 is 0.705 bits per heavy atom. The Balaban J connectivity index is 4.27. The predicted molar refractivity (Wildman–Crippen MR) is 334 cm³/mol. The first-order valence-electron chi connectivity index (χ1n) is 29.5. The standard InChI is InChI=1S/C68H106NO8P/c1-6-8-10-12-14-16-18-20-22-24-25-26-27-28-29-30-31-32-33-34-35-36-37-38-39-40-41-42-43-45-47-49-51-53-55-57-59-61-68(71)77-66(65-76-78(72,73)75-63-62-69(3,4)5)64-74-67(70)60-58-56-54-52-50-48-46-44-23-21-19-17-15-13-11-9-7-2/h8-11,14-17,20-23,25-26,28-29,31-32,34-35,37-38,40-41,43,45-46,48,52,54,66H,6-7,12-13,18-19,24,27,30,33,36,39,42,44,47,49-51,53,55-65H2,1-5H3/p+1/b10-8-,11-9-,16-14-,17-15-,22-20-,23-21-,26-25-,29-28-,32-31-,35-34-,38-37-,41-40-,45-43-,48-46-,54-52-. The summed E-state index contributed by atoms with van der Waals surface area (Å²) < 4.78 is 34.4. The normalized spacial score (nSPS) is 14.6. The van der Waals surface area contributed by atoms with E-state index in [4.69, 9.17) is 18.5 Å². The summed E-state index contributed by atoms with van der Waals surface area (Å²) >= 11 is 0. The number of likely N-dealkylation sites (N-methyl/N-ethyl adjacent to an activating group) is 1. The van der Waals surface area contributed by atoms with E-state index in [2.05, 4.69) is 196 Å². The Labute approximate surface area is 476 Å². The minimum absolute atomic E-state index is 0.00865. The molecule has 0 aromatic carbocycles. The van der Waals surface area contributed by atoms with E-state index in [1.165, 1.54) is 0 Å². The van der Waals surface area contributed by atoms with Crippen LogP contribution in [0.5, 0.6) is 0 Å². The van der Waals surface area contributed by atoms with Gasteiger partial charge >= 0.3 is 19.8 Å². The summed E-state index contributed by atoms with van der Waals surface area (Å²) in [6.07, 6.45) is 88.3. The molecule has 10 heteroatoms. The highest BCUT2D eigenvalue weighted by Crippen LogP contribution is 2.43. The van der Waals surface area contributed by atoms with Crippen LogP contribution in [-0.4, -0.2) is 74.9 Å². The minimum atomic E-state index is -4.42. The van der Waals surface area contributed by atoms with E-state index in [1.807, 2.05) is 21.1 Å². The predicted octanol–water partition coefficient (Wildman–Crippen LogP) is 18.8. The van der Waals surface area contributed by atoms with Gasteiger partial charge in [-0.25, -0.2) is 4.57 Å². The van der Waals surface area contributed by atoms with Gasteiger partial charge < -0.3 is 18.9 Å². The first kappa shape index (κ1) is 73.1. The van der Waals surface area contributed by atoms with Crippen LogP contribution < -0.4 is 0 Å². The summed E-state index contributed by atoms with van der Waals surface area (Å²) in [6, 6.07) is 0. The molecule has 0 rings (SSSR count). The molecule has 2 unspecified atom stereocenters. The quantitative estimate of drug-likeness (QED) is 0.0211. The van der Waals surface area contributed by atoms with Gasteiger partial charge in [0, 0.05) is 12.8 Å². The van der Waals surface area contributed by atoms with Crippen molar-refractivity contribution in [3.63, 3.8) is 0 Å². The molecule has 0 aromatic heterocycles. The lowest BCUT2D eigenvalue weighted by Crippen LogP contribution is -2.37. The largest absolute Gasteiger partial charge is 0.472 e. The molecule has 0 aliphatic rings. The summed E-state index contributed by atoms with van der Waals surface area (Å²) in [5, 5.41) is 0. The highest BCUT2D eigenvalue weighted by molar-refractivity contribution is 7.47. The number of unbranched alkanes of at least 4 members (excludes halogenated alkanes) is 7. The molecule has 9 nitrogen and oxygen atoms in total. The molecule has 0 saturated heterocycles. The van der Waals surface area contributed by atoms with Gasteiger partial charge in [0.1, 0.15) is 19.8 Å². The van der Waals surface area contributed by atoms with Crippen molar-refractivity contribution < 1.29 is 42.1 Å². The Kier molecular flexibility index (Phi) is 53.3. The lowest BCUT2D eigenvalue weighted by Gasteiger charge is -2.24. The second-order valence-corrected chi connectivity index (χ2v) is 21.4. The van der Waals surface area contributed by atoms with Gasteiger partial charge in [0.2, 0.25) is 0 Å². The maximum atomic E-state index is 12.8. The molecule has 0 amide bonds. The average molecular weight is 1100 g/mol. The average Bonchev–Trinajstić information content (AvgIpc) is 3.41. The van der Waals surface area contributed by atoms with Crippen molar-refractivity contribution in [2.45, 2.75) is 187 Å². The third-order valence-corrected chi connectivity index (χ3v) is 12.4. The second kappa shape index (κ2) is 56.8. The van der Waals surface area contributed by atoms with Crippen molar-refractivity contribution in [1.29, 1.82) is 0 Å². The molecule has 0 heterocycles. The molecule has 0 aliphatic heterocycles. The van der Waals surface area contributed by atoms with E-state index in [-0.39, 0.29) is 26.1 Å². The third-order valence-electron chi connectivity index (χ3n) is 11.4. The Hall–Kier alpha value is -4.89. The molecule has 0 bridgehead atoms. The SMILES string of the molecule is CC/C=C\C/C=C\C/C=C\C/C=C\C/C=C\C/C=C\C/C=C\C/C=C\C/C=C\C/C=C\CCCCCCCCC(=O)OC(COC(=O)CCC/C=C\C/C=C\C/C=C\C/C=C\C/C=C\CC)COP(=O)(O)OCC[N+](C)(C)C. The number of carbonyl (C=O) groups excluding carboxylic acids is 2. The third kappa shape index (κ3) is 60.3. The van der Waals surface area contributed by atoms with Gasteiger partial charge in [0.15, 0.2) is 6.10 Å². The van der Waals surface area contributed by atoms with Gasteiger partial charge in [-0.2, -0.15) is 0 Å². The van der Waals surface area contributed by atoms with Crippen LogP contribution in [0.4, 0.5) is 0 Å². The van der Waals surface area contributed by atoms with Crippen LogP contribution in [0, 0.1) is 0 Å². The van der Waals surface area contributed by atoms with Crippen molar-refractivity contribution in [3.05, 3.63) is 182 Å². The van der Waals surface area contributed by atoms with E-state index in [0.717, 1.165) is 141 Å². The number of carbonyl (C=O) groups is 2. The molecule has 0 saturated carbocycles. The van der Waals surface area contributed by atoms with E-state index in [9.17, 15) is 19.0 Å². The van der Waals surface area contributed by atoms with Crippen LogP contribution in [0.1, 0.15) is 181 Å². The van der Waals surface area contributed by atoms with Gasteiger partial charge in [-0.3, -0.25) is 18.6 Å². The van der Waals surface area contributed by atoms with E-state index < -0.39 is 32.5 Å². The maximum absolute atomic E-state index is 12.8. The van der Waals surface area contributed by atoms with Crippen LogP contribution in [0.3, 0.4) is 0 Å². The second-order valence-electron chi connectivity index (χ2n) is 19.9. The molecular weight excluding hydrogens is 990 g/mol. The number of rotatable bonds is 51. The molecule has 0 spiro atoms. The highest BCUT2D eigenvalue weighted by Gasteiger charge is 2.27. The fraction of sp³-hybridized carbons (Fsp3) is 0.529. The summed E-state index contributed by atoms with van der Waals surface area (Å²) in [5.41, 5.74) is 0. The summed E-state index contributed by atoms with van der Waals surface area (Å²) in [7, 11) is 1.40. The maximum Gasteiger partial charge on any atom is 0.472 e. The van der Waals surface area contributed by atoms with E-state index >= 15 is 0 Å². The van der Waals surface area contributed by atoms with E-state index in [0.29, 0.717) is 23.9 Å². The smallest absolute Gasteiger partial charge is 0.462 e. The minimum Gasteiger partial charge on any atom is -0.462 e. The van der Waals surface area contributed by atoms with Crippen molar-refractivity contribution in [3.8, 4) is 0 Å². The lowest BCUT2D eigenvalue weighted by atomic mass is 10.1. The van der Waals surface area contributed by atoms with Crippen LogP contribution >= 0.6 is 7.82 Å². The number of allylic oxidation sites excluding steroid dienone is 30. The summed E-state index contributed by atoms with van der Waals surface area (Å²) in [4.78, 5) is 35.6. The van der Waals surface area contributed by atoms with Crippen molar-refractivity contribution in [1.82, 2.24) is 0 Å². The summed E-state index contributed by atoms with van der Waals surface area (Å²) in [6.45, 7) is 4.08. The van der Waals surface area contributed by atoms with Gasteiger partial charge in [0.25, 0.3) is 0 Å². The topological polar surface area (TPSA) is 108 Å². The molecule has 0 radical (unpaired) electrons. The van der Waals surface area contributed by atoms with Crippen molar-refractivity contribution in [2.75, 3.05) is 47.5 Å². The molecule has 0 fully saturated rings. The number of phosphoric ester groups is 1. The highest BCUT2D eigenvalue weighted by atomic mass is 31.2. The van der Waals surface area contributed by atoms with Gasteiger partial charge in [-0.1, -0.05) is 222 Å². The van der Waals surface area contributed by atoms with Gasteiger partial charge in [0.05, 0.1) is 27.7 Å². The van der Waals surface area contributed by atoms with Gasteiger partial charge in [-0.05, 0) is 128 Å². The number of nitrogens with zero attached hydrogens (tertiary/aromatic N) is 1. The number of phosphoric acid groups is 1. The number of ether oxygens (including phenoxy) is 2. The fourth-order valence-corrected chi connectivity index (χ4v) is 7.70. The Morgan fingerprint density at radius 1 is 0.397 bits per heavy atom. The first-order valence-corrected chi connectivity index (χ1v) is 31.0. The van der Waals surface area contributed by atoms with Crippen molar-refractivity contribution >= 4 is 19.8 Å². The fourth-order valence-electron chi connectivity index (χ4n) is 6.96. The summed E-state index contributed by atoms with van der Waals surface area (Å²) in [5.74, 6) is -0.901. The zero-order chi connectivity index (χ0) is 57.0.